The van der Waals surface area contributed by atoms with Crippen LogP contribution in [-0.2, 0) is 4.79 Å². The van der Waals surface area contributed by atoms with Crippen molar-refractivity contribution < 1.29 is 4.79 Å². The van der Waals surface area contributed by atoms with Crippen LogP contribution in [-0.4, -0.2) is 82.2 Å². The van der Waals surface area contributed by atoms with Crippen molar-refractivity contribution in [3.8, 4) is 11.4 Å². The zero-order valence-corrected chi connectivity index (χ0v) is 19.7. The Labute approximate surface area is 199 Å². The molecule has 176 valence electrons. The molecule has 0 spiro atoms. The Hall–Kier alpha value is -3.72. The van der Waals surface area contributed by atoms with Crippen molar-refractivity contribution in [1.82, 2.24) is 30.0 Å². The number of anilines is 3. The first-order chi connectivity index (χ1) is 16.5. The third-order valence-corrected chi connectivity index (χ3v) is 6.51. The zero-order chi connectivity index (χ0) is 23.7. The molecule has 0 radical (unpaired) electrons. The highest BCUT2D eigenvalue weighted by Gasteiger charge is 2.30. The molecule has 2 N–H and O–H groups in total. The second kappa shape index (κ2) is 9.26. The highest BCUT2D eigenvalue weighted by molar-refractivity contribution is 5.87. The van der Waals surface area contributed by atoms with Crippen LogP contribution in [0.25, 0.3) is 11.4 Å². The molecule has 34 heavy (non-hydrogen) atoms. The van der Waals surface area contributed by atoms with Crippen LogP contribution in [0.4, 0.5) is 17.5 Å². The molecule has 9 nitrogen and oxygen atoms in total. The lowest BCUT2D eigenvalue weighted by molar-refractivity contribution is -0.130. The van der Waals surface area contributed by atoms with Crippen LogP contribution in [0.3, 0.4) is 0 Å². The summed E-state index contributed by atoms with van der Waals surface area (Å²) in [4.78, 5) is 27.9. The van der Waals surface area contributed by atoms with Gasteiger partial charge >= 0.3 is 0 Å². The number of aryl methyl sites for hydroxylation is 1. The average Bonchev–Trinajstić information content (AvgIpc) is 3.23. The largest absolute Gasteiger partial charge is 0.354 e. The van der Waals surface area contributed by atoms with Crippen LogP contribution in [0.2, 0.25) is 0 Å². The summed E-state index contributed by atoms with van der Waals surface area (Å²) in [7, 11) is 2.14. The van der Waals surface area contributed by atoms with E-state index in [1.54, 1.807) is 0 Å². The fraction of sp³-hybridized carbons (Fsp3) is 0.360. The van der Waals surface area contributed by atoms with Crippen molar-refractivity contribution in [2.75, 3.05) is 56.5 Å². The molecule has 2 aromatic heterocycles. The molecule has 2 fully saturated rings. The number of likely N-dealkylation sites (tertiary alicyclic amines) is 1. The Morgan fingerprint density at radius 1 is 1.09 bits per heavy atom. The van der Waals surface area contributed by atoms with Gasteiger partial charge < -0.3 is 20.0 Å². The third-order valence-electron chi connectivity index (χ3n) is 6.51. The number of carbonyl (C=O) groups is 1. The molecule has 9 heteroatoms. The van der Waals surface area contributed by atoms with Gasteiger partial charge in [-0.2, -0.15) is 5.10 Å². The summed E-state index contributed by atoms with van der Waals surface area (Å²) < 4.78 is 0. The maximum absolute atomic E-state index is 11.7. The van der Waals surface area contributed by atoms with E-state index >= 15 is 0 Å². The highest BCUT2D eigenvalue weighted by atomic mass is 16.2. The van der Waals surface area contributed by atoms with Gasteiger partial charge in [0.25, 0.3) is 0 Å². The van der Waals surface area contributed by atoms with Gasteiger partial charge in [0.05, 0.1) is 0 Å². The van der Waals surface area contributed by atoms with Crippen molar-refractivity contribution in [1.29, 1.82) is 0 Å². The predicted octanol–water partition coefficient (Wildman–Crippen LogP) is 2.78. The van der Waals surface area contributed by atoms with Gasteiger partial charge in [-0.1, -0.05) is 30.8 Å². The minimum Gasteiger partial charge on any atom is -0.354 e. The topological polar surface area (TPSA) is 93.3 Å². The number of benzene rings is 1. The summed E-state index contributed by atoms with van der Waals surface area (Å²) in [5.74, 6) is 3.38. The number of likely N-dealkylation sites (N-methyl/N-ethyl adjacent to an activating group) is 1. The number of amides is 1. The fourth-order valence-electron chi connectivity index (χ4n) is 4.34. The van der Waals surface area contributed by atoms with E-state index in [1.807, 2.05) is 24.0 Å². The van der Waals surface area contributed by atoms with Crippen molar-refractivity contribution in [2.24, 2.45) is 0 Å². The first-order valence-corrected chi connectivity index (χ1v) is 11.6. The quantitative estimate of drug-likeness (QED) is 0.549. The minimum absolute atomic E-state index is 0.00544. The van der Waals surface area contributed by atoms with Gasteiger partial charge in [0.2, 0.25) is 5.91 Å². The number of H-pyrrole nitrogens is 1. The Morgan fingerprint density at radius 2 is 1.82 bits per heavy atom. The summed E-state index contributed by atoms with van der Waals surface area (Å²) in [6.45, 7) is 10.9. The van der Waals surface area contributed by atoms with E-state index in [-0.39, 0.29) is 5.91 Å². The molecular formula is C25H30N8O. The molecule has 5 rings (SSSR count). The van der Waals surface area contributed by atoms with Crippen molar-refractivity contribution in [3.05, 3.63) is 60.3 Å². The number of hydrogen-bond donors (Lipinski definition) is 2. The number of aromatic amines is 1. The van der Waals surface area contributed by atoms with Crippen LogP contribution in [0.15, 0.2) is 49.1 Å². The molecule has 0 bridgehead atoms. The maximum Gasteiger partial charge on any atom is 0.245 e. The van der Waals surface area contributed by atoms with Crippen LogP contribution >= 0.6 is 0 Å². The van der Waals surface area contributed by atoms with E-state index in [9.17, 15) is 4.79 Å². The van der Waals surface area contributed by atoms with E-state index in [2.05, 4.69) is 63.2 Å². The summed E-state index contributed by atoms with van der Waals surface area (Å²) in [5.41, 5.74) is 3.16. The van der Waals surface area contributed by atoms with Crippen molar-refractivity contribution >= 4 is 23.4 Å². The van der Waals surface area contributed by atoms with Gasteiger partial charge in [-0.15, -0.1) is 0 Å². The van der Waals surface area contributed by atoms with E-state index in [4.69, 9.17) is 9.97 Å². The van der Waals surface area contributed by atoms with Gasteiger partial charge in [0, 0.05) is 68.6 Å². The lowest BCUT2D eigenvalue weighted by Crippen LogP contribution is -2.47. The molecule has 4 heterocycles. The van der Waals surface area contributed by atoms with E-state index in [1.165, 1.54) is 11.6 Å². The van der Waals surface area contributed by atoms with Crippen LogP contribution in [0.1, 0.15) is 17.2 Å². The van der Waals surface area contributed by atoms with Crippen LogP contribution in [0.5, 0.6) is 0 Å². The normalized spacial score (nSPS) is 16.9. The molecule has 0 atom stereocenters. The Morgan fingerprint density at radius 3 is 2.47 bits per heavy atom. The van der Waals surface area contributed by atoms with Crippen molar-refractivity contribution in [3.63, 3.8) is 0 Å². The van der Waals surface area contributed by atoms with Gasteiger partial charge in [0.1, 0.15) is 11.6 Å². The molecule has 1 amide bonds. The Kier molecular flexibility index (Phi) is 6.02. The molecule has 1 aromatic carbocycles. The number of rotatable bonds is 6. The fourth-order valence-corrected chi connectivity index (χ4v) is 4.34. The summed E-state index contributed by atoms with van der Waals surface area (Å²) in [6.07, 6.45) is 1.37. The Bertz CT molecular complexity index is 1170. The van der Waals surface area contributed by atoms with E-state index < -0.39 is 0 Å². The first kappa shape index (κ1) is 22.1. The molecular weight excluding hydrogens is 428 g/mol. The maximum atomic E-state index is 11.7. The molecule has 3 aromatic rings. The second-order valence-corrected chi connectivity index (χ2v) is 9.05. The summed E-state index contributed by atoms with van der Waals surface area (Å²) in [5, 5.41) is 10.6. The number of carbonyl (C=O) groups excluding carboxylic acids is 1. The number of nitrogens with one attached hydrogen (secondary N) is 2. The van der Waals surface area contributed by atoms with Crippen LogP contribution in [0, 0.1) is 6.92 Å². The highest BCUT2D eigenvalue weighted by Crippen LogP contribution is 2.30. The first-order valence-electron chi connectivity index (χ1n) is 11.6. The standard InChI is InChI=1S/C25H30N8O/c1-4-24(34)33-15-20(16-33)18-5-7-19(8-6-18)25-27-21(26-22-13-17(2)29-30-22)14-23(28-25)32-11-9-31(3)10-12-32/h4-8,13-14,20H,1,9-12,15-16H2,2-3H3,(H2,26,27,28,29,30). The third kappa shape index (κ3) is 4.65. The van der Waals surface area contributed by atoms with Gasteiger partial charge in [-0.3, -0.25) is 9.89 Å². The molecule has 0 aliphatic carbocycles. The number of hydrogen-bond acceptors (Lipinski definition) is 7. The smallest absolute Gasteiger partial charge is 0.245 e. The SMILES string of the molecule is C=CC(=O)N1CC(c2ccc(-c3nc(Nc4cc(C)[nH]n4)cc(N4CCN(C)CC4)n3)cc2)C1. The Balaban J connectivity index is 1.39. The predicted molar refractivity (Wildman–Crippen MR) is 133 cm³/mol. The van der Waals surface area contributed by atoms with E-state index in [0.717, 1.165) is 62.2 Å². The molecule has 2 aliphatic heterocycles. The molecule has 2 saturated heterocycles. The van der Waals surface area contributed by atoms with Crippen molar-refractivity contribution in [2.45, 2.75) is 12.8 Å². The van der Waals surface area contributed by atoms with Crippen LogP contribution < -0.4 is 10.2 Å². The number of piperazine rings is 1. The number of nitrogens with zero attached hydrogens (tertiary/aromatic N) is 6. The van der Waals surface area contributed by atoms with E-state index in [0.29, 0.717) is 17.6 Å². The van der Waals surface area contributed by atoms with Gasteiger partial charge in [-0.05, 0) is 25.6 Å². The summed E-state index contributed by atoms with van der Waals surface area (Å²) in [6, 6.07) is 12.3. The minimum atomic E-state index is -0.00544. The summed E-state index contributed by atoms with van der Waals surface area (Å²) >= 11 is 0. The zero-order valence-electron chi connectivity index (χ0n) is 19.7. The lowest BCUT2D eigenvalue weighted by Gasteiger charge is -2.39. The number of aromatic nitrogens is 4. The lowest BCUT2D eigenvalue weighted by atomic mass is 9.90. The molecule has 0 unspecified atom stereocenters. The average molecular weight is 459 g/mol. The van der Waals surface area contributed by atoms with Gasteiger partial charge in [-0.25, -0.2) is 9.97 Å². The monoisotopic (exact) mass is 458 g/mol. The molecule has 0 saturated carbocycles. The van der Waals surface area contributed by atoms with Gasteiger partial charge in [0.15, 0.2) is 11.6 Å². The second-order valence-electron chi connectivity index (χ2n) is 9.05. The molecule has 2 aliphatic rings.